The molecule has 2 aromatic carbocycles. The summed E-state index contributed by atoms with van der Waals surface area (Å²) in [5, 5.41) is 5.03. The summed E-state index contributed by atoms with van der Waals surface area (Å²) in [7, 11) is 3.05. The maximum Gasteiger partial charge on any atom is 0.248 e. The average Bonchev–Trinajstić information content (AvgIpc) is 3.57. The van der Waals surface area contributed by atoms with E-state index in [2.05, 4.69) is 5.32 Å². The lowest BCUT2D eigenvalue weighted by Gasteiger charge is -2.33. The van der Waals surface area contributed by atoms with Gasteiger partial charge in [-0.3, -0.25) is 14.5 Å². The standard InChI is InChI=1S/C27H29FN2O4S/c1-33-21-13-14-24(34-2)23(16-21)30(25(31)17-22-8-5-15-35-22)26(18-9-11-19(28)12-10-18)27(32)29-20-6-3-4-7-20/h5,8-16,20,26H,3-4,6-7,17H2,1-2H3,(H,29,32)/t26-/m1/s1. The van der Waals surface area contributed by atoms with Crippen LogP contribution in [0.15, 0.2) is 60.0 Å². The summed E-state index contributed by atoms with van der Waals surface area (Å²) < 4.78 is 24.8. The minimum absolute atomic E-state index is 0.0481. The smallest absolute Gasteiger partial charge is 0.248 e. The molecule has 35 heavy (non-hydrogen) atoms. The number of anilines is 1. The number of carbonyl (C=O) groups is 2. The second-order valence-electron chi connectivity index (χ2n) is 8.50. The monoisotopic (exact) mass is 496 g/mol. The van der Waals surface area contributed by atoms with Gasteiger partial charge in [0.15, 0.2) is 0 Å². The molecule has 2 amide bonds. The van der Waals surface area contributed by atoms with Gasteiger partial charge in [0.2, 0.25) is 11.8 Å². The molecule has 1 aliphatic carbocycles. The largest absolute Gasteiger partial charge is 0.497 e. The number of hydrogen-bond donors (Lipinski definition) is 1. The zero-order valence-electron chi connectivity index (χ0n) is 19.8. The van der Waals surface area contributed by atoms with Crippen molar-refractivity contribution >= 4 is 28.8 Å². The number of halogens is 1. The van der Waals surface area contributed by atoms with Crippen LogP contribution in [-0.2, 0) is 16.0 Å². The van der Waals surface area contributed by atoms with E-state index in [1.54, 1.807) is 30.3 Å². The van der Waals surface area contributed by atoms with Gasteiger partial charge in [0.05, 0.1) is 26.3 Å². The maximum atomic E-state index is 13.9. The zero-order valence-corrected chi connectivity index (χ0v) is 20.6. The van der Waals surface area contributed by atoms with E-state index in [4.69, 9.17) is 9.47 Å². The minimum Gasteiger partial charge on any atom is -0.497 e. The maximum absolute atomic E-state index is 13.9. The molecule has 0 aliphatic heterocycles. The lowest BCUT2D eigenvalue weighted by atomic mass is 10.0. The average molecular weight is 497 g/mol. The van der Waals surface area contributed by atoms with Crippen molar-refractivity contribution in [3.05, 3.63) is 76.2 Å². The Balaban J connectivity index is 1.83. The molecule has 1 heterocycles. The molecule has 0 unspecified atom stereocenters. The Morgan fingerprint density at radius 3 is 2.46 bits per heavy atom. The van der Waals surface area contributed by atoms with Crippen LogP contribution in [0.4, 0.5) is 10.1 Å². The van der Waals surface area contributed by atoms with Crippen molar-refractivity contribution in [1.29, 1.82) is 0 Å². The van der Waals surface area contributed by atoms with Crippen molar-refractivity contribution in [2.75, 3.05) is 19.1 Å². The third-order valence-electron chi connectivity index (χ3n) is 6.21. The lowest BCUT2D eigenvalue weighted by molar-refractivity contribution is -0.127. The topological polar surface area (TPSA) is 67.9 Å². The number of rotatable bonds is 9. The molecule has 1 saturated carbocycles. The first-order valence-corrected chi connectivity index (χ1v) is 12.5. The van der Waals surface area contributed by atoms with E-state index < -0.39 is 11.9 Å². The Morgan fingerprint density at radius 2 is 1.83 bits per heavy atom. The Morgan fingerprint density at radius 1 is 1.09 bits per heavy atom. The van der Waals surface area contributed by atoms with Crippen molar-refractivity contribution in [3.63, 3.8) is 0 Å². The highest BCUT2D eigenvalue weighted by Crippen LogP contribution is 2.38. The van der Waals surface area contributed by atoms with Crippen LogP contribution < -0.4 is 19.7 Å². The molecular weight excluding hydrogens is 467 g/mol. The number of nitrogens with zero attached hydrogens (tertiary/aromatic N) is 1. The minimum atomic E-state index is -1.02. The number of thiophene rings is 1. The Hall–Kier alpha value is -3.39. The molecule has 3 aromatic rings. The molecule has 1 aliphatic rings. The number of benzene rings is 2. The third-order valence-corrected chi connectivity index (χ3v) is 7.09. The Labute approximate surface area is 208 Å². The molecule has 184 valence electrons. The van der Waals surface area contributed by atoms with Crippen molar-refractivity contribution < 1.29 is 23.5 Å². The van der Waals surface area contributed by atoms with E-state index in [1.807, 2.05) is 17.5 Å². The molecule has 1 atom stereocenters. The Kier molecular flexibility index (Phi) is 8.02. The van der Waals surface area contributed by atoms with Crippen LogP contribution >= 0.6 is 11.3 Å². The first-order valence-electron chi connectivity index (χ1n) is 11.6. The molecule has 0 saturated heterocycles. The van der Waals surface area contributed by atoms with E-state index in [-0.39, 0.29) is 24.3 Å². The molecule has 8 heteroatoms. The Bertz CT molecular complexity index is 1140. The van der Waals surface area contributed by atoms with Gasteiger partial charge in [-0.15, -0.1) is 11.3 Å². The van der Waals surface area contributed by atoms with Gasteiger partial charge in [0.25, 0.3) is 0 Å². The van der Waals surface area contributed by atoms with Crippen LogP contribution in [0.2, 0.25) is 0 Å². The summed E-state index contributed by atoms with van der Waals surface area (Å²) in [4.78, 5) is 30.0. The van der Waals surface area contributed by atoms with Crippen molar-refractivity contribution in [1.82, 2.24) is 5.32 Å². The molecule has 0 radical (unpaired) electrons. The summed E-state index contributed by atoms with van der Waals surface area (Å²) in [5.41, 5.74) is 0.913. The molecule has 1 fully saturated rings. The van der Waals surface area contributed by atoms with Gasteiger partial charge >= 0.3 is 0 Å². The van der Waals surface area contributed by atoms with Gasteiger partial charge in [-0.2, -0.15) is 0 Å². The number of carbonyl (C=O) groups excluding carboxylic acids is 2. The number of amides is 2. The van der Waals surface area contributed by atoms with E-state index in [1.165, 1.54) is 42.6 Å². The van der Waals surface area contributed by atoms with Crippen LogP contribution in [0.1, 0.15) is 42.2 Å². The molecule has 1 aromatic heterocycles. The van der Waals surface area contributed by atoms with Crippen molar-refractivity contribution in [3.8, 4) is 11.5 Å². The lowest BCUT2D eigenvalue weighted by Crippen LogP contribution is -2.47. The summed E-state index contributed by atoms with van der Waals surface area (Å²) in [5.74, 6) is -0.0724. The van der Waals surface area contributed by atoms with Gasteiger partial charge in [-0.1, -0.05) is 31.0 Å². The van der Waals surface area contributed by atoms with E-state index in [0.29, 0.717) is 22.7 Å². The first kappa shape index (κ1) is 24.7. The highest BCUT2D eigenvalue weighted by atomic mass is 32.1. The third kappa shape index (κ3) is 5.82. The predicted molar refractivity (Wildman–Crippen MR) is 135 cm³/mol. The van der Waals surface area contributed by atoms with Crippen LogP contribution in [0, 0.1) is 5.82 Å². The highest BCUT2D eigenvalue weighted by Gasteiger charge is 2.36. The molecule has 6 nitrogen and oxygen atoms in total. The number of nitrogens with one attached hydrogen (secondary N) is 1. The summed E-state index contributed by atoms with van der Waals surface area (Å²) in [6.45, 7) is 0. The first-order chi connectivity index (χ1) is 17.0. The second-order valence-corrected chi connectivity index (χ2v) is 9.53. The highest BCUT2D eigenvalue weighted by molar-refractivity contribution is 7.10. The van der Waals surface area contributed by atoms with Crippen molar-refractivity contribution in [2.24, 2.45) is 0 Å². The summed E-state index contributed by atoms with van der Waals surface area (Å²) >= 11 is 1.47. The summed E-state index contributed by atoms with van der Waals surface area (Å²) in [6, 6.07) is 13.6. The van der Waals surface area contributed by atoms with Gasteiger partial charge in [0, 0.05) is 17.0 Å². The molecular formula is C27H29FN2O4S. The van der Waals surface area contributed by atoms with Crippen LogP contribution in [0.3, 0.4) is 0 Å². The van der Waals surface area contributed by atoms with E-state index >= 15 is 0 Å². The quantitative estimate of drug-likeness (QED) is 0.438. The van der Waals surface area contributed by atoms with Gasteiger partial charge < -0.3 is 14.8 Å². The van der Waals surface area contributed by atoms with Crippen LogP contribution in [0.5, 0.6) is 11.5 Å². The van der Waals surface area contributed by atoms with E-state index in [0.717, 1.165) is 30.6 Å². The summed E-state index contributed by atoms with van der Waals surface area (Å²) in [6.07, 6.45) is 4.00. The number of hydrogen-bond acceptors (Lipinski definition) is 5. The van der Waals surface area contributed by atoms with Gasteiger partial charge in [0.1, 0.15) is 23.4 Å². The van der Waals surface area contributed by atoms with Gasteiger partial charge in [-0.05, 0) is 54.1 Å². The molecule has 4 rings (SSSR count). The van der Waals surface area contributed by atoms with Crippen LogP contribution in [0.25, 0.3) is 0 Å². The number of ether oxygens (including phenoxy) is 2. The van der Waals surface area contributed by atoms with Crippen LogP contribution in [-0.4, -0.2) is 32.1 Å². The fraction of sp³-hybridized carbons (Fsp3) is 0.333. The SMILES string of the molecule is COc1ccc(OC)c(N(C(=O)Cc2cccs2)[C@@H](C(=O)NC2CCCC2)c2ccc(F)cc2)c1. The fourth-order valence-electron chi connectivity index (χ4n) is 4.46. The predicted octanol–water partition coefficient (Wildman–Crippen LogP) is 5.28. The molecule has 0 bridgehead atoms. The zero-order chi connectivity index (χ0) is 24.8. The fourth-order valence-corrected chi connectivity index (χ4v) is 5.16. The van der Waals surface area contributed by atoms with Crippen molar-refractivity contribution in [2.45, 2.75) is 44.2 Å². The van der Waals surface area contributed by atoms with E-state index in [9.17, 15) is 14.0 Å². The second kappa shape index (κ2) is 11.4. The number of methoxy groups -OCH3 is 2. The normalized spacial score (nSPS) is 14.4. The molecule has 0 spiro atoms. The molecule has 1 N–H and O–H groups in total. The van der Waals surface area contributed by atoms with Gasteiger partial charge in [-0.25, -0.2) is 4.39 Å².